The molecule has 256 valence electrons. The first-order valence-corrected chi connectivity index (χ1v) is 17.2. The van der Waals surface area contributed by atoms with Gasteiger partial charge >= 0.3 is 6.09 Å². The van der Waals surface area contributed by atoms with Crippen LogP contribution in [0.2, 0.25) is 0 Å². The van der Waals surface area contributed by atoms with E-state index in [1.165, 1.54) is 54.6 Å². The Bertz CT molecular complexity index is 1810. The minimum absolute atomic E-state index is 0.0784. The Morgan fingerprint density at radius 1 is 0.979 bits per heavy atom. The fraction of sp³-hybridized carbons (Fsp3) is 0.424. The maximum absolute atomic E-state index is 15.1. The Morgan fingerprint density at radius 2 is 1.67 bits per heavy atom. The first-order chi connectivity index (χ1) is 23.0. The lowest BCUT2D eigenvalue weighted by atomic mass is 9.87. The number of ether oxygens (including phenoxy) is 3. The number of para-hydroxylation sites is 1. The third-order valence-corrected chi connectivity index (χ3v) is 10.9. The number of sulfonamides is 1. The smallest absolute Gasteiger partial charge is 0.411 e. The van der Waals surface area contributed by atoms with Crippen molar-refractivity contribution in [1.29, 1.82) is 0 Å². The van der Waals surface area contributed by atoms with Crippen LogP contribution >= 0.6 is 0 Å². The van der Waals surface area contributed by atoms with Gasteiger partial charge < -0.3 is 24.0 Å². The maximum Gasteiger partial charge on any atom is 0.411 e. The van der Waals surface area contributed by atoms with Crippen molar-refractivity contribution in [2.75, 3.05) is 64.3 Å². The summed E-state index contributed by atoms with van der Waals surface area (Å²) in [6, 6.07) is 10.0. The van der Waals surface area contributed by atoms with E-state index in [0.29, 0.717) is 35.6 Å². The monoisotopic (exact) mass is 685 g/mol. The molecule has 1 atom stereocenters. The van der Waals surface area contributed by atoms with Crippen molar-refractivity contribution in [3.8, 4) is 11.6 Å². The molecule has 1 unspecified atom stereocenters. The quantitative estimate of drug-likeness (QED) is 0.348. The van der Waals surface area contributed by atoms with E-state index in [0.717, 1.165) is 25.9 Å². The van der Waals surface area contributed by atoms with E-state index >= 15 is 4.39 Å². The summed E-state index contributed by atoms with van der Waals surface area (Å²) in [4.78, 5) is 38.8. The highest BCUT2D eigenvalue weighted by Crippen LogP contribution is 2.52. The van der Waals surface area contributed by atoms with Crippen LogP contribution in [0.1, 0.15) is 30.9 Å². The number of fused-ring (bicyclic) bond motifs is 1. The second-order valence-corrected chi connectivity index (χ2v) is 13.7. The zero-order chi connectivity index (χ0) is 34.2. The molecule has 1 aromatic heterocycles. The summed E-state index contributed by atoms with van der Waals surface area (Å²) in [5.74, 6) is -4.35. The predicted molar refractivity (Wildman–Crippen MR) is 170 cm³/mol. The molecule has 2 saturated heterocycles. The molecule has 0 radical (unpaired) electrons. The van der Waals surface area contributed by atoms with Gasteiger partial charge in [0.2, 0.25) is 5.88 Å². The van der Waals surface area contributed by atoms with E-state index in [4.69, 9.17) is 14.2 Å². The van der Waals surface area contributed by atoms with Crippen molar-refractivity contribution in [1.82, 2.24) is 19.7 Å². The zero-order valence-corrected chi connectivity index (χ0v) is 27.7. The topological polar surface area (TPSA) is 122 Å². The number of amides is 2. The second kappa shape index (κ2) is 13.3. The van der Waals surface area contributed by atoms with Gasteiger partial charge in [-0.2, -0.15) is 4.31 Å². The fourth-order valence-electron chi connectivity index (χ4n) is 6.67. The lowest BCUT2D eigenvalue weighted by molar-refractivity contribution is -0.132. The van der Waals surface area contributed by atoms with Crippen LogP contribution in [0.25, 0.3) is 0 Å². The third kappa shape index (κ3) is 5.73. The van der Waals surface area contributed by atoms with E-state index in [1.54, 1.807) is 6.92 Å². The number of aromatic nitrogens is 1. The maximum atomic E-state index is 15.1. The highest BCUT2D eigenvalue weighted by Gasteiger charge is 2.62. The molecule has 3 aliphatic heterocycles. The number of piperidine rings is 1. The largest absolute Gasteiger partial charge is 0.495 e. The number of carbonyl (C=O) groups is 2. The van der Waals surface area contributed by atoms with Gasteiger partial charge in [0, 0.05) is 50.0 Å². The normalized spacial score (nSPS) is 20.9. The zero-order valence-electron chi connectivity index (χ0n) is 26.9. The fourth-order valence-corrected chi connectivity index (χ4v) is 8.28. The Balaban J connectivity index is 1.45. The number of piperazine rings is 1. The molecule has 0 N–H and O–H groups in total. The van der Waals surface area contributed by atoms with Crippen molar-refractivity contribution in [3.63, 3.8) is 0 Å². The van der Waals surface area contributed by atoms with Gasteiger partial charge in [-0.15, -0.1) is 0 Å². The number of pyridine rings is 1. The van der Waals surface area contributed by atoms with Crippen LogP contribution in [0, 0.1) is 11.6 Å². The summed E-state index contributed by atoms with van der Waals surface area (Å²) in [6.45, 7) is 5.38. The highest BCUT2D eigenvalue weighted by atomic mass is 32.2. The van der Waals surface area contributed by atoms with Crippen LogP contribution in [0.3, 0.4) is 0 Å². The number of methoxy groups -OCH3 is 1. The molecule has 15 heteroatoms. The van der Waals surface area contributed by atoms with Gasteiger partial charge in [0.05, 0.1) is 25.0 Å². The van der Waals surface area contributed by atoms with Crippen LogP contribution in [0.4, 0.5) is 19.3 Å². The minimum atomic E-state index is -4.87. The number of benzene rings is 2. The average Bonchev–Trinajstić information content (AvgIpc) is 3.32. The summed E-state index contributed by atoms with van der Waals surface area (Å²) < 4.78 is 76.1. The standard InChI is InChI=1S/C33H37F2N5O7S/c1-4-46-30-23(8-7-13-36-30)33(47-32(42)39-18-16-38(17-19-39)22-11-14-37(2)15-12-22)24-20-25(34)26(35)21-27(24)40(31(33)41)48(43,44)29-10-6-5-9-28(29)45-3/h5-10,13,20-22H,4,11-12,14-19H2,1-3H3. The van der Waals surface area contributed by atoms with Gasteiger partial charge in [0.15, 0.2) is 11.6 Å². The van der Waals surface area contributed by atoms with E-state index < -0.39 is 55.4 Å². The van der Waals surface area contributed by atoms with Crippen LogP contribution in [0.5, 0.6) is 11.6 Å². The number of hydrogen-bond acceptors (Lipinski definition) is 10. The van der Waals surface area contributed by atoms with E-state index in [2.05, 4.69) is 21.8 Å². The summed E-state index contributed by atoms with van der Waals surface area (Å²) in [5, 5.41) is 0. The summed E-state index contributed by atoms with van der Waals surface area (Å²) in [6.07, 6.45) is 2.45. The molecule has 3 aromatic rings. The van der Waals surface area contributed by atoms with E-state index in [-0.39, 0.29) is 36.9 Å². The SMILES string of the molecule is CCOc1ncccc1C1(OC(=O)N2CCN(C3CCN(C)CC3)CC2)C(=O)N(S(=O)(=O)c2ccccc2OC)c2cc(F)c(F)cc21. The van der Waals surface area contributed by atoms with Gasteiger partial charge in [0.25, 0.3) is 21.5 Å². The van der Waals surface area contributed by atoms with E-state index in [9.17, 15) is 22.4 Å². The third-order valence-electron chi connectivity index (χ3n) is 9.16. The molecule has 2 fully saturated rings. The Morgan fingerprint density at radius 3 is 2.35 bits per heavy atom. The summed E-state index contributed by atoms with van der Waals surface area (Å²) in [7, 11) is -1.53. The number of likely N-dealkylation sites (tertiary alicyclic amines) is 1. The Hall–Kier alpha value is -4.34. The van der Waals surface area contributed by atoms with Crippen molar-refractivity contribution in [2.24, 2.45) is 0 Å². The van der Waals surface area contributed by atoms with Gasteiger partial charge in [0.1, 0.15) is 10.6 Å². The molecule has 6 rings (SSSR count). The summed E-state index contributed by atoms with van der Waals surface area (Å²) >= 11 is 0. The molecule has 0 aliphatic carbocycles. The first-order valence-electron chi connectivity index (χ1n) is 15.7. The van der Waals surface area contributed by atoms with Gasteiger partial charge in [-0.1, -0.05) is 12.1 Å². The molecule has 3 aliphatic rings. The summed E-state index contributed by atoms with van der Waals surface area (Å²) in [5.41, 5.74) is -3.71. The minimum Gasteiger partial charge on any atom is -0.495 e. The molecular formula is C33H37F2N5O7S. The highest BCUT2D eigenvalue weighted by molar-refractivity contribution is 7.93. The number of rotatable bonds is 8. The Kier molecular flexibility index (Phi) is 9.29. The van der Waals surface area contributed by atoms with Crippen LogP contribution in [-0.4, -0.2) is 106 Å². The number of halogens is 2. The Labute approximate surface area is 277 Å². The molecule has 0 spiro atoms. The molecule has 2 aromatic carbocycles. The number of nitrogens with zero attached hydrogens (tertiary/aromatic N) is 5. The van der Waals surface area contributed by atoms with Crippen molar-refractivity contribution in [3.05, 3.63) is 77.5 Å². The van der Waals surface area contributed by atoms with Crippen molar-refractivity contribution in [2.45, 2.75) is 36.3 Å². The number of hydrogen-bond donors (Lipinski definition) is 0. The molecular weight excluding hydrogens is 648 g/mol. The molecule has 4 heterocycles. The average molecular weight is 686 g/mol. The number of anilines is 1. The molecule has 0 bridgehead atoms. The lowest BCUT2D eigenvalue weighted by Crippen LogP contribution is -2.55. The van der Waals surface area contributed by atoms with Crippen LogP contribution in [0.15, 0.2) is 59.6 Å². The van der Waals surface area contributed by atoms with Crippen molar-refractivity contribution >= 4 is 27.7 Å². The molecule has 12 nitrogen and oxygen atoms in total. The van der Waals surface area contributed by atoms with E-state index in [1.807, 2.05) is 0 Å². The van der Waals surface area contributed by atoms with Crippen molar-refractivity contribution < 1.29 is 41.0 Å². The molecule has 0 saturated carbocycles. The first kappa shape index (κ1) is 33.6. The van der Waals surface area contributed by atoms with Crippen LogP contribution in [-0.2, 0) is 25.2 Å². The lowest BCUT2D eigenvalue weighted by Gasteiger charge is -2.42. The number of carbonyl (C=O) groups excluding carboxylic acids is 2. The second-order valence-electron chi connectivity index (χ2n) is 11.9. The predicted octanol–water partition coefficient (Wildman–Crippen LogP) is 3.59. The van der Waals surface area contributed by atoms with Gasteiger partial charge in [-0.25, -0.2) is 27.0 Å². The molecule has 2 amide bonds. The van der Waals surface area contributed by atoms with Gasteiger partial charge in [-0.3, -0.25) is 9.69 Å². The van der Waals surface area contributed by atoms with Crippen LogP contribution < -0.4 is 13.8 Å². The molecule has 48 heavy (non-hydrogen) atoms. The van der Waals surface area contributed by atoms with Gasteiger partial charge in [-0.05, 0) is 70.2 Å².